The molecule has 0 unspecified atom stereocenters. The number of hydrogen-bond acceptors (Lipinski definition) is 3. The molecule has 0 aliphatic heterocycles. The molecule has 0 spiro atoms. The fourth-order valence-electron chi connectivity index (χ4n) is 1.82. The van der Waals surface area contributed by atoms with Crippen molar-refractivity contribution < 1.29 is 0 Å². The summed E-state index contributed by atoms with van der Waals surface area (Å²) in [7, 11) is 0. The minimum atomic E-state index is 0.383. The Morgan fingerprint density at radius 2 is 2.11 bits per heavy atom. The highest BCUT2D eigenvalue weighted by atomic mass is 15.2. The lowest BCUT2D eigenvalue weighted by molar-refractivity contribution is 0.366. The fourth-order valence-corrected chi connectivity index (χ4v) is 1.82. The number of fused-ring (bicyclic) bond motifs is 1. The molecule has 2 aromatic heterocycles. The van der Waals surface area contributed by atoms with E-state index in [0.29, 0.717) is 5.41 Å². The zero-order valence-corrected chi connectivity index (χ0v) is 11.7. The lowest BCUT2D eigenvalue weighted by Gasteiger charge is -2.18. The van der Waals surface area contributed by atoms with E-state index in [4.69, 9.17) is 0 Å². The first kappa shape index (κ1) is 13.0. The standard InChI is InChI=1S/C14H22N4/c1-11-7-13-16-9-12(10-18(13)17-11)8-15-6-5-14(2,3)4/h7,9-10,15H,5-6,8H2,1-4H3. The maximum Gasteiger partial charge on any atom is 0.155 e. The quantitative estimate of drug-likeness (QED) is 0.843. The lowest BCUT2D eigenvalue weighted by Crippen LogP contribution is -2.20. The summed E-state index contributed by atoms with van der Waals surface area (Å²) in [5.74, 6) is 0. The first-order valence-electron chi connectivity index (χ1n) is 6.46. The van der Waals surface area contributed by atoms with Gasteiger partial charge in [0, 0.05) is 30.6 Å². The van der Waals surface area contributed by atoms with E-state index in [9.17, 15) is 0 Å². The zero-order chi connectivity index (χ0) is 13.2. The van der Waals surface area contributed by atoms with Crippen LogP contribution in [0.2, 0.25) is 0 Å². The second-order valence-electron chi connectivity index (χ2n) is 6.04. The van der Waals surface area contributed by atoms with E-state index < -0.39 is 0 Å². The van der Waals surface area contributed by atoms with Crippen molar-refractivity contribution in [3.8, 4) is 0 Å². The van der Waals surface area contributed by atoms with E-state index in [1.54, 1.807) is 0 Å². The molecule has 4 nitrogen and oxygen atoms in total. The molecule has 2 rings (SSSR count). The number of aromatic nitrogens is 3. The Kier molecular flexibility index (Phi) is 3.66. The van der Waals surface area contributed by atoms with Crippen molar-refractivity contribution in [2.45, 2.75) is 40.7 Å². The summed E-state index contributed by atoms with van der Waals surface area (Å²) in [4.78, 5) is 4.39. The highest BCUT2D eigenvalue weighted by Crippen LogP contribution is 2.17. The van der Waals surface area contributed by atoms with E-state index in [1.807, 2.05) is 29.9 Å². The van der Waals surface area contributed by atoms with Crippen LogP contribution in [0.4, 0.5) is 0 Å². The molecule has 0 saturated heterocycles. The van der Waals surface area contributed by atoms with Gasteiger partial charge in [0.05, 0.1) is 5.69 Å². The molecule has 4 heteroatoms. The number of nitrogens with one attached hydrogen (secondary N) is 1. The number of nitrogens with zero attached hydrogens (tertiary/aromatic N) is 3. The molecule has 98 valence electrons. The molecular weight excluding hydrogens is 224 g/mol. The molecule has 18 heavy (non-hydrogen) atoms. The van der Waals surface area contributed by atoms with Gasteiger partial charge in [-0.1, -0.05) is 20.8 Å². The van der Waals surface area contributed by atoms with Crippen LogP contribution < -0.4 is 5.32 Å². The second kappa shape index (κ2) is 5.06. The minimum Gasteiger partial charge on any atom is -0.313 e. The van der Waals surface area contributed by atoms with Gasteiger partial charge in [-0.2, -0.15) is 5.10 Å². The third-order valence-corrected chi connectivity index (χ3v) is 2.87. The van der Waals surface area contributed by atoms with Crippen LogP contribution in [0.15, 0.2) is 18.5 Å². The third kappa shape index (κ3) is 3.53. The Bertz CT molecular complexity index is 522. The molecule has 0 aliphatic rings. The summed E-state index contributed by atoms with van der Waals surface area (Å²) in [6.45, 7) is 10.6. The summed E-state index contributed by atoms with van der Waals surface area (Å²) >= 11 is 0. The third-order valence-electron chi connectivity index (χ3n) is 2.87. The van der Waals surface area contributed by atoms with Gasteiger partial charge in [0.2, 0.25) is 0 Å². The van der Waals surface area contributed by atoms with Crippen molar-refractivity contribution in [1.82, 2.24) is 19.9 Å². The molecule has 0 fully saturated rings. The van der Waals surface area contributed by atoms with Crippen LogP contribution in [-0.4, -0.2) is 21.1 Å². The van der Waals surface area contributed by atoms with Gasteiger partial charge in [-0.15, -0.1) is 0 Å². The molecule has 0 aliphatic carbocycles. The van der Waals surface area contributed by atoms with E-state index >= 15 is 0 Å². The van der Waals surface area contributed by atoms with Crippen molar-refractivity contribution in [1.29, 1.82) is 0 Å². The van der Waals surface area contributed by atoms with Gasteiger partial charge < -0.3 is 5.32 Å². The number of aryl methyl sites for hydroxylation is 1. The van der Waals surface area contributed by atoms with Gasteiger partial charge >= 0.3 is 0 Å². The summed E-state index contributed by atoms with van der Waals surface area (Å²) in [6, 6.07) is 1.98. The molecule has 0 aromatic carbocycles. The van der Waals surface area contributed by atoms with Crippen LogP contribution in [-0.2, 0) is 6.54 Å². The Morgan fingerprint density at radius 3 is 2.83 bits per heavy atom. The van der Waals surface area contributed by atoms with Gasteiger partial charge in [0.1, 0.15) is 0 Å². The molecule has 2 aromatic rings. The Balaban J connectivity index is 1.91. The average Bonchev–Trinajstić information content (AvgIpc) is 2.62. The second-order valence-corrected chi connectivity index (χ2v) is 6.04. The molecule has 2 heterocycles. The normalized spacial score (nSPS) is 12.2. The van der Waals surface area contributed by atoms with E-state index in [2.05, 4.69) is 36.2 Å². The highest BCUT2D eigenvalue weighted by molar-refractivity contribution is 5.38. The topological polar surface area (TPSA) is 42.2 Å². The van der Waals surface area contributed by atoms with Crippen LogP contribution in [0.5, 0.6) is 0 Å². The van der Waals surface area contributed by atoms with Crippen molar-refractivity contribution in [3.05, 3.63) is 29.7 Å². The molecule has 0 saturated carbocycles. The fraction of sp³-hybridized carbons (Fsp3) is 0.571. The van der Waals surface area contributed by atoms with Gasteiger partial charge in [-0.25, -0.2) is 9.50 Å². The predicted molar refractivity (Wildman–Crippen MR) is 73.5 cm³/mol. The Labute approximate surface area is 108 Å². The average molecular weight is 246 g/mol. The molecule has 1 N–H and O–H groups in total. The number of hydrogen-bond donors (Lipinski definition) is 1. The van der Waals surface area contributed by atoms with E-state index in [1.165, 1.54) is 12.0 Å². The van der Waals surface area contributed by atoms with Crippen molar-refractivity contribution in [2.75, 3.05) is 6.54 Å². The van der Waals surface area contributed by atoms with Gasteiger partial charge in [0.15, 0.2) is 5.65 Å². The first-order valence-corrected chi connectivity index (χ1v) is 6.46. The van der Waals surface area contributed by atoms with Crippen LogP contribution in [0, 0.1) is 12.3 Å². The SMILES string of the molecule is Cc1cc2ncc(CNCCC(C)(C)C)cn2n1. The van der Waals surface area contributed by atoms with Gasteiger partial charge in [-0.3, -0.25) is 0 Å². The summed E-state index contributed by atoms with van der Waals surface area (Å²) < 4.78 is 1.84. The van der Waals surface area contributed by atoms with Crippen LogP contribution >= 0.6 is 0 Å². The van der Waals surface area contributed by atoms with Crippen LogP contribution in [0.25, 0.3) is 5.65 Å². The van der Waals surface area contributed by atoms with Gasteiger partial charge in [-0.05, 0) is 25.3 Å². The van der Waals surface area contributed by atoms with Crippen LogP contribution in [0.3, 0.4) is 0 Å². The first-order chi connectivity index (χ1) is 8.44. The maximum atomic E-state index is 4.39. The molecule has 0 radical (unpaired) electrons. The lowest BCUT2D eigenvalue weighted by atomic mass is 9.92. The number of rotatable bonds is 4. The smallest absolute Gasteiger partial charge is 0.155 e. The summed E-state index contributed by atoms with van der Waals surface area (Å²) in [5.41, 5.74) is 3.46. The van der Waals surface area contributed by atoms with E-state index in [0.717, 1.165) is 24.4 Å². The summed E-state index contributed by atoms with van der Waals surface area (Å²) in [6.07, 6.45) is 5.13. The molecular formula is C14H22N4. The van der Waals surface area contributed by atoms with Crippen molar-refractivity contribution in [2.24, 2.45) is 5.41 Å². The van der Waals surface area contributed by atoms with Crippen molar-refractivity contribution in [3.63, 3.8) is 0 Å². The molecule has 0 atom stereocenters. The zero-order valence-electron chi connectivity index (χ0n) is 11.7. The minimum absolute atomic E-state index is 0.383. The van der Waals surface area contributed by atoms with Crippen molar-refractivity contribution >= 4 is 5.65 Å². The van der Waals surface area contributed by atoms with Crippen LogP contribution in [0.1, 0.15) is 38.4 Å². The summed E-state index contributed by atoms with van der Waals surface area (Å²) in [5, 5.41) is 7.82. The monoisotopic (exact) mass is 246 g/mol. The molecule has 0 bridgehead atoms. The highest BCUT2D eigenvalue weighted by Gasteiger charge is 2.08. The molecule has 0 amide bonds. The van der Waals surface area contributed by atoms with E-state index in [-0.39, 0.29) is 0 Å². The Morgan fingerprint density at radius 1 is 1.33 bits per heavy atom. The predicted octanol–water partition coefficient (Wildman–Crippen LogP) is 2.56. The Hall–Kier alpha value is -1.42. The van der Waals surface area contributed by atoms with Gasteiger partial charge in [0.25, 0.3) is 0 Å². The largest absolute Gasteiger partial charge is 0.313 e. The maximum absolute atomic E-state index is 4.39.